The lowest BCUT2D eigenvalue weighted by Gasteiger charge is -2.46. The lowest BCUT2D eigenvalue weighted by Crippen LogP contribution is -2.49. The van der Waals surface area contributed by atoms with Crippen LogP contribution in [0.25, 0.3) is 10.9 Å². The fourth-order valence-corrected chi connectivity index (χ4v) is 5.10. The molecule has 0 amide bonds. The van der Waals surface area contributed by atoms with Crippen molar-refractivity contribution in [3.05, 3.63) is 53.9 Å². The number of rotatable bonds is 4. The summed E-state index contributed by atoms with van der Waals surface area (Å²) in [5.41, 5.74) is 6.55. The summed E-state index contributed by atoms with van der Waals surface area (Å²) in [6.45, 7) is 4.71. The summed E-state index contributed by atoms with van der Waals surface area (Å²) in [6.07, 6.45) is 4.39. The summed E-state index contributed by atoms with van der Waals surface area (Å²) >= 11 is 1.16. The highest BCUT2D eigenvalue weighted by molar-refractivity contribution is 8.15. The van der Waals surface area contributed by atoms with Gasteiger partial charge in [-0.25, -0.2) is 14.4 Å². The molecule has 1 aliphatic heterocycles. The van der Waals surface area contributed by atoms with E-state index in [1.165, 1.54) is 12.4 Å². The van der Waals surface area contributed by atoms with E-state index in [1.54, 1.807) is 38.2 Å². The number of aromatic nitrogens is 3. The summed E-state index contributed by atoms with van der Waals surface area (Å²) in [4.78, 5) is 17.1. The fourth-order valence-electron chi connectivity index (χ4n) is 3.93. The van der Waals surface area contributed by atoms with Crippen LogP contribution in [-0.4, -0.2) is 31.5 Å². The third-order valence-corrected chi connectivity index (χ3v) is 7.31. The van der Waals surface area contributed by atoms with Crippen molar-refractivity contribution in [3.63, 3.8) is 0 Å². The standard InChI is InChI=1S/C22H21F2N7S/c1-12-21(2,11-23)32-20(26)31-22(12,3)16-7-15(10-29-18(16)24)30-19-17-14(4-5-27-19)6-13(8-25)9-28-17/h4-7,9-10,12H,11H2,1-3H3,(H2,26,31)(H,27,30)/t12-,21-,22+/m1/s1. The predicted molar refractivity (Wildman–Crippen MR) is 122 cm³/mol. The van der Waals surface area contributed by atoms with Crippen LogP contribution in [0.5, 0.6) is 0 Å². The van der Waals surface area contributed by atoms with Crippen LogP contribution in [-0.2, 0) is 5.54 Å². The summed E-state index contributed by atoms with van der Waals surface area (Å²) in [7, 11) is 0. The van der Waals surface area contributed by atoms with Crippen molar-refractivity contribution in [2.45, 2.75) is 31.1 Å². The maximum atomic E-state index is 14.9. The van der Waals surface area contributed by atoms with Crippen LogP contribution in [0.2, 0.25) is 0 Å². The third kappa shape index (κ3) is 3.62. The van der Waals surface area contributed by atoms with E-state index in [2.05, 4.69) is 31.3 Å². The Morgan fingerprint density at radius 2 is 2.03 bits per heavy atom. The van der Waals surface area contributed by atoms with Gasteiger partial charge >= 0.3 is 0 Å². The van der Waals surface area contributed by atoms with E-state index in [0.29, 0.717) is 22.6 Å². The molecule has 0 bridgehead atoms. The van der Waals surface area contributed by atoms with Gasteiger partial charge in [-0.15, -0.1) is 0 Å². The molecule has 164 valence electrons. The maximum Gasteiger partial charge on any atom is 0.218 e. The first-order valence-corrected chi connectivity index (χ1v) is 10.7. The summed E-state index contributed by atoms with van der Waals surface area (Å²) < 4.78 is 28.0. The number of aliphatic imine (C=N–C) groups is 1. The molecule has 1 aliphatic rings. The molecule has 0 unspecified atom stereocenters. The Bertz CT molecular complexity index is 1270. The molecule has 3 aromatic heterocycles. The van der Waals surface area contributed by atoms with Crippen LogP contribution in [0.3, 0.4) is 0 Å². The normalized spacial score (nSPS) is 25.2. The van der Waals surface area contributed by atoms with Crippen molar-refractivity contribution >= 4 is 39.3 Å². The number of hydrogen-bond acceptors (Lipinski definition) is 8. The SMILES string of the molecule is C[C@@H]1[C@@](C)(CF)SC(N)=N[C@]1(C)c1cc(Nc2nccc3cc(C#N)cnc23)cnc1F. The quantitative estimate of drug-likeness (QED) is 0.562. The highest BCUT2D eigenvalue weighted by Crippen LogP contribution is 2.50. The molecule has 0 radical (unpaired) electrons. The molecule has 0 spiro atoms. The molecule has 3 aromatic rings. The average molecular weight is 454 g/mol. The third-order valence-electron chi connectivity index (χ3n) is 6.08. The Morgan fingerprint density at radius 1 is 1.25 bits per heavy atom. The Hall–Kier alpha value is -3.32. The molecule has 4 heterocycles. The minimum Gasteiger partial charge on any atom is -0.378 e. The van der Waals surface area contributed by atoms with E-state index in [4.69, 9.17) is 11.0 Å². The van der Waals surface area contributed by atoms with Gasteiger partial charge in [0.15, 0.2) is 11.0 Å². The highest BCUT2D eigenvalue weighted by atomic mass is 32.2. The van der Waals surface area contributed by atoms with E-state index < -0.39 is 22.9 Å². The number of nitrogens with zero attached hydrogens (tertiary/aromatic N) is 5. The van der Waals surface area contributed by atoms with Gasteiger partial charge in [0.1, 0.15) is 18.3 Å². The van der Waals surface area contributed by atoms with Crippen LogP contribution in [0.4, 0.5) is 20.3 Å². The molecular formula is C22H21F2N7S. The zero-order valence-corrected chi connectivity index (χ0v) is 18.5. The number of fused-ring (bicyclic) bond motifs is 1. The summed E-state index contributed by atoms with van der Waals surface area (Å²) in [5, 5.41) is 13.2. The summed E-state index contributed by atoms with van der Waals surface area (Å²) in [5.74, 6) is -0.636. The molecule has 10 heteroatoms. The zero-order valence-electron chi connectivity index (χ0n) is 17.7. The van der Waals surface area contributed by atoms with E-state index in [0.717, 1.165) is 17.1 Å². The van der Waals surface area contributed by atoms with Gasteiger partial charge in [0.05, 0.1) is 27.7 Å². The van der Waals surface area contributed by atoms with Crippen LogP contribution in [0.15, 0.2) is 41.8 Å². The van der Waals surface area contributed by atoms with E-state index in [-0.39, 0.29) is 16.6 Å². The van der Waals surface area contributed by atoms with Crippen molar-refractivity contribution in [2.75, 3.05) is 12.0 Å². The van der Waals surface area contributed by atoms with E-state index in [1.807, 2.05) is 6.92 Å². The number of nitriles is 1. The monoisotopic (exact) mass is 453 g/mol. The van der Waals surface area contributed by atoms with E-state index in [9.17, 15) is 8.78 Å². The topological polar surface area (TPSA) is 113 Å². The van der Waals surface area contributed by atoms with Crippen molar-refractivity contribution < 1.29 is 8.78 Å². The second-order valence-corrected chi connectivity index (χ2v) is 9.68. The highest BCUT2D eigenvalue weighted by Gasteiger charge is 2.50. The number of nitrogens with two attached hydrogens (primary N) is 1. The van der Waals surface area contributed by atoms with Crippen molar-refractivity contribution in [1.29, 1.82) is 5.26 Å². The molecule has 0 aromatic carbocycles. The van der Waals surface area contributed by atoms with Crippen LogP contribution >= 0.6 is 11.8 Å². The second kappa shape index (κ2) is 7.98. The van der Waals surface area contributed by atoms with Gasteiger partial charge in [0.25, 0.3) is 0 Å². The van der Waals surface area contributed by atoms with Gasteiger partial charge in [-0.3, -0.25) is 9.98 Å². The molecule has 4 rings (SSSR count). The molecule has 0 saturated heterocycles. The van der Waals surface area contributed by atoms with Gasteiger partial charge in [-0.2, -0.15) is 9.65 Å². The predicted octanol–water partition coefficient (Wildman–Crippen LogP) is 4.42. The number of nitrogens with one attached hydrogen (secondary N) is 1. The number of thioether (sulfide) groups is 1. The molecule has 0 aliphatic carbocycles. The van der Waals surface area contributed by atoms with Crippen LogP contribution in [0, 0.1) is 23.2 Å². The number of halogens is 2. The molecule has 3 N–H and O–H groups in total. The molecule has 0 saturated carbocycles. The van der Waals surface area contributed by atoms with Crippen molar-refractivity contribution in [3.8, 4) is 6.07 Å². The first-order chi connectivity index (χ1) is 15.2. The van der Waals surface area contributed by atoms with Crippen LogP contribution in [0.1, 0.15) is 31.9 Å². The molecule has 3 atom stereocenters. The Balaban J connectivity index is 1.77. The average Bonchev–Trinajstić information content (AvgIpc) is 2.78. The van der Waals surface area contributed by atoms with Crippen LogP contribution < -0.4 is 11.1 Å². The van der Waals surface area contributed by atoms with Gasteiger partial charge in [0, 0.05) is 29.3 Å². The van der Waals surface area contributed by atoms with Crippen molar-refractivity contribution in [1.82, 2.24) is 15.0 Å². The smallest absolute Gasteiger partial charge is 0.218 e. The number of anilines is 2. The van der Waals surface area contributed by atoms with Gasteiger partial charge in [0.2, 0.25) is 5.95 Å². The Morgan fingerprint density at radius 3 is 2.75 bits per heavy atom. The number of alkyl halides is 1. The Kier molecular flexibility index (Phi) is 5.46. The molecule has 0 fully saturated rings. The second-order valence-electron chi connectivity index (χ2n) is 8.12. The number of amidine groups is 1. The minimum absolute atomic E-state index is 0.205. The van der Waals surface area contributed by atoms with E-state index >= 15 is 0 Å². The lowest BCUT2D eigenvalue weighted by molar-refractivity contribution is 0.220. The molecule has 32 heavy (non-hydrogen) atoms. The first-order valence-electron chi connectivity index (χ1n) is 9.88. The maximum absolute atomic E-state index is 14.9. The van der Waals surface area contributed by atoms with Gasteiger partial charge in [-0.1, -0.05) is 18.7 Å². The van der Waals surface area contributed by atoms with Crippen molar-refractivity contribution in [2.24, 2.45) is 16.6 Å². The molecular weight excluding hydrogens is 432 g/mol. The zero-order chi connectivity index (χ0) is 23.1. The minimum atomic E-state index is -1.11. The largest absolute Gasteiger partial charge is 0.378 e. The lowest BCUT2D eigenvalue weighted by atomic mass is 9.74. The fraction of sp³-hybridized carbons (Fsp3) is 0.318. The number of hydrogen-bond donors (Lipinski definition) is 2. The number of pyridine rings is 3. The van der Waals surface area contributed by atoms with Gasteiger partial charge in [-0.05, 0) is 32.0 Å². The summed E-state index contributed by atoms with van der Waals surface area (Å²) in [6, 6.07) is 7.11. The van der Waals surface area contributed by atoms with Gasteiger partial charge < -0.3 is 11.1 Å². The molecule has 7 nitrogen and oxygen atoms in total. The Labute approximate surface area is 188 Å². The first kappa shape index (κ1) is 21.9.